The minimum absolute atomic E-state index is 0.0615. The molecule has 0 aromatic rings. The van der Waals surface area contributed by atoms with Gasteiger partial charge in [-0.25, -0.2) is 0 Å². The van der Waals surface area contributed by atoms with E-state index in [9.17, 15) is 14.4 Å². The van der Waals surface area contributed by atoms with E-state index in [0.717, 1.165) is 57.8 Å². The number of carbonyl (C=O) groups excluding carboxylic acids is 3. The van der Waals surface area contributed by atoms with Crippen LogP contribution in [0.3, 0.4) is 0 Å². The first-order valence-electron chi connectivity index (χ1n) is 38.5. The van der Waals surface area contributed by atoms with Crippen LogP contribution in [0, 0.1) is 0 Å². The Morgan fingerprint density at radius 1 is 0.193 bits per heavy atom. The molecule has 0 bridgehead atoms. The van der Waals surface area contributed by atoms with Gasteiger partial charge in [-0.05, 0) is 19.3 Å². The van der Waals surface area contributed by atoms with Gasteiger partial charge in [-0.2, -0.15) is 0 Å². The van der Waals surface area contributed by atoms with Crippen molar-refractivity contribution in [2.24, 2.45) is 0 Å². The van der Waals surface area contributed by atoms with Gasteiger partial charge in [0.2, 0.25) is 0 Å². The summed E-state index contributed by atoms with van der Waals surface area (Å²) in [5.41, 5.74) is 0. The monoisotopic (exact) mass is 1170 g/mol. The molecular weight excluding hydrogens is 1020 g/mol. The van der Waals surface area contributed by atoms with Crippen molar-refractivity contribution in [3.8, 4) is 0 Å². The van der Waals surface area contributed by atoms with Gasteiger partial charge < -0.3 is 14.2 Å². The first kappa shape index (κ1) is 81.4. The zero-order valence-electron chi connectivity index (χ0n) is 57.0. The topological polar surface area (TPSA) is 78.9 Å². The zero-order valence-corrected chi connectivity index (χ0v) is 57.0. The van der Waals surface area contributed by atoms with Crippen molar-refractivity contribution in [1.82, 2.24) is 0 Å². The van der Waals surface area contributed by atoms with Gasteiger partial charge in [0.1, 0.15) is 13.2 Å². The van der Waals surface area contributed by atoms with E-state index in [4.69, 9.17) is 14.2 Å². The Bertz CT molecular complexity index is 1250. The van der Waals surface area contributed by atoms with Gasteiger partial charge in [0.25, 0.3) is 0 Å². The lowest BCUT2D eigenvalue weighted by atomic mass is 10.0. The first-order valence-corrected chi connectivity index (χ1v) is 38.5. The second-order valence-corrected chi connectivity index (χ2v) is 26.6. The largest absolute Gasteiger partial charge is 0.462 e. The Morgan fingerprint density at radius 2 is 0.325 bits per heavy atom. The lowest BCUT2D eigenvalue weighted by Crippen LogP contribution is -2.30. The summed E-state index contributed by atoms with van der Waals surface area (Å²) in [7, 11) is 0. The summed E-state index contributed by atoms with van der Waals surface area (Å²) >= 11 is 0. The van der Waals surface area contributed by atoms with Crippen molar-refractivity contribution in [1.29, 1.82) is 0 Å². The molecule has 83 heavy (non-hydrogen) atoms. The Kier molecular flexibility index (Phi) is 71.5. The van der Waals surface area contributed by atoms with Crippen molar-refractivity contribution in [3.63, 3.8) is 0 Å². The van der Waals surface area contributed by atoms with E-state index in [1.54, 1.807) is 0 Å². The number of esters is 3. The number of carbonyl (C=O) groups is 3. The van der Waals surface area contributed by atoms with Crippen LogP contribution in [0.2, 0.25) is 0 Å². The van der Waals surface area contributed by atoms with Crippen molar-refractivity contribution in [2.75, 3.05) is 13.2 Å². The third kappa shape index (κ3) is 71.1. The molecule has 1 atom stereocenters. The van der Waals surface area contributed by atoms with Crippen LogP contribution < -0.4 is 0 Å². The highest BCUT2D eigenvalue weighted by Gasteiger charge is 2.20. The van der Waals surface area contributed by atoms with Crippen molar-refractivity contribution < 1.29 is 28.6 Å². The van der Waals surface area contributed by atoms with Crippen LogP contribution >= 0.6 is 0 Å². The summed E-state index contributed by atoms with van der Waals surface area (Å²) < 4.78 is 16.9. The van der Waals surface area contributed by atoms with Crippen LogP contribution in [0.15, 0.2) is 0 Å². The van der Waals surface area contributed by atoms with E-state index >= 15 is 0 Å². The van der Waals surface area contributed by atoms with Gasteiger partial charge >= 0.3 is 17.9 Å². The van der Waals surface area contributed by atoms with Crippen LogP contribution in [0.1, 0.15) is 457 Å². The van der Waals surface area contributed by atoms with Crippen LogP contribution in [-0.2, 0) is 28.6 Å². The number of hydrogen-bond donors (Lipinski definition) is 0. The number of rotatable bonds is 73. The Balaban J connectivity index is 3.86. The summed E-state index contributed by atoms with van der Waals surface area (Å²) in [6.07, 6.45) is 87.9. The average molecular weight is 1170 g/mol. The molecular formula is C77H150O6. The van der Waals surface area contributed by atoms with E-state index in [-0.39, 0.29) is 31.1 Å². The molecule has 0 saturated heterocycles. The van der Waals surface area contributed by atoms with Gasteiger partial charge in [0, 0.05) is 19.3 Å². The smallest absolute Gasteiger partial charge is 0.306 e. The van der Waals surface area contributed by atoms with E-state index in [1.165, 1.54) is 360 Å². The minimum atomic E-state index is -0.762. The molecule has 494 valence electrons. The highest BCUT2D eigenvalue weighted by atomic mass is 16.6. The van der Waals surface area contributed by atoms with Crippen LogP contribution in [0.5, 0.6) is 0 Å². The molecule has 0 fully saturated rings. The minimum Gasteiger partial charge on any atom is -0.462 e. The van der Waals surface area contributed by atoms with Crippen molar-refractivity contribution in [3.05, 3.63) is 0 Å². The molecule has 0 spiro atoms. The molecule has 6 heteroatoms. The molecule has 0 aromatic heterocycles. The average Bonchev–Trinajstić information content (AvgIpc) is 3.48. The maximum Gasteiger partial charge on any atom is 0.306 e. The molecule has 0 radical (unpaired) electrons. The standard InChI is InChI=1S/C77H150O6/c1-4-7-10-13-16-18-20-22-24-26-28-30-32-34-35-36-37-38-39-40-41-42-43-44-46-47-49-51-53-55-57-59-61-64-67-70-76(79)82-73-74(72-81-75(78)69-66-63-15-12-9-6-3)83-77(80)71-68-65-62-60-58-56-54-52-50-48-45-33-31-29-27-25-23-21-19-17-14-11-8-5-2/h74H,4-73H2,1-3H3. The number of unbranched alkanes of at least 4 members (excludes halogenated alkanes) is 62. The maximum absolute atomic E-state index is 12.9. The van der Waals surface area contributed by atoms with E-state index in [1.807, 2.05) is 0 Å². The van der Waals surface area contributed by atoms with Gasteiger partial charge in [0.15, 0.2) is 6.10 Å². The fraction of sp³-hybridized carbons (Fsp3) is 0.961. The molecule has 0 saturated carbocycles. The Hall–Kier alpha value is -1.59. The van der Waals surface area contributed by atoms with Crippen LogP contribution in [0.4, 0.5) is 0 Å². The lowest BCUT2D eigenvalue weighted by Gasteiger charge is -2.18. The van der Waals surface area contributed by atoms with Crippen molar-refractivity contribution in [2.45, 2.75) is 463 Å². The summed E-state index contributed by atoms with van der Waals surface area (Å²) in [5, 5.41) is 0. The molecule has 0 aliphatic heterocycles. The maximum atomic E-state index is 12.9. The lowest BCUT2D eigenvalue weighted by molar-refractivity contribution is -0.167. The highest BCUT2D eigenvalue weighted by molar-refractivity contribution is 5.71. The second kappa shape index (κ2) is 72.9. The Morgan fingerprint density at radius 3 is 0.482 bits per heavy atom. The zero-order chi connectivity index (χ0) is 59.9. The van der Waals surface area contributed by atoms with Gasteiger partial charge in [0.05, 0.1) is 0 Å². The molecule has 0 aromatic carbocycles. The van der Waals surface area contributed by atoms with Crippen LogP contribution in [-0.4, -0.2) is 37.2 Å². The van der Waals surface area contributed by atoms with Gasteiger partial charge in [-0.1, -0.05) is 419 Å². The fourth-order valence-corrected chi connectivity index (χ4v) is 12.3. The molecule has 0 aliphatic carbocycles. The summed E-state index contributed by atoms with van der Waals surface area (Å²) in [4.78, 5) is 38.2. The summed E-state index contributed by atoms with van der Waals surface area (Å²) in [6, 6.07) is 0. The Labute approximate surface area is 520 Å². The van der Waals surface area contributed by atoms with Crippen molar-refractivity contribution >= 4 is 17.9 Å². The summed E-state index contributed by atoms with van der Waals surface area (Å²) in [5.74, 6) is -0.835. The number of ether oxygens (including phenoxy) is 3. The molecule has 1 unspecified atom stereocenters. The first-order chi connectivity index (χ1) is 41.0. The molecule has 0 rings (SSSR count). The predicted molar refractivity (Wildman–Crippen MR) is 363 cm³/mol. The van der Waals surface area contributed by atoms with E-state index in [0.29, 0.717) is 19.3 Å². The third-order valence-corrected chi connectivity index (χ3v) is 18.1. The molecule has 0 amide bonds. The predicted octanol–water partition coefficient (Wildman–Crippen LogP) is 26.6. The fourth-order valence-electron chi connectivity index (χ4n) is 12.3. The number of hydrogen-bond acceptors (Lipinski definition) is 6. The van der Waals surface area contributed by atoms with Crippen LogP contribution in [0.25, 0.3) is 0 Å². The molecule has 0 aliphatic rings. The SMILES string of the molecule is CCCCCCCCCCCCCCCCCCCCCCCCCCCCCCCCCCCCCC(=O)OCC(COC(=O)CCCCCCCC)OC(=O)CCCCCCCCCCCCCCCCCCCCCCCCCC. The molecule has 6 nitrogen and oxygen atoms in total. The van der Waals surface area contributed by atoms with Gasteiger partial charge in [-0.3, -0.25) is 14.4 Å². The van der Waals surface area contributed by atoms with E-state index in [2.05, 4.69) is 20.8 Å². The quantitative estimate of drug-likeness (QED) is 0.0343. The normalized spacial score (nSPS) is 11.9. The van der Waals surface area contributed by atoms with E-state index < -0.39 is 6.10 Å². The highest BCUT2D eigenvalue weighted by Crippen LogP contribution is 2.20. The third-order valence-electron chi connectivity index (χ3n) is 18.1. The van der Waals surface area contributed by atoms with Gasteiger partial charge in [-0.15, -0.1) is 0 Å². The molecule has 0 heterocycles. The summed E-state index contributed by atoms with van der Waals surface area (Å²) in [6.45, 7) is 6.68. The second-order valence-electron chi connectivity index (χ2n) is 26.6. The molecule has 0 N–H and O–H groups in total.